The Morgan fingerprint density at radius 2 is 2.11 bits per heavy atom. The minimum Gasteiger partial charge on any atom is -0.377 e. The third-order valence-corrected chi connectivity index (χ3v) is 6.81. The highest BCUT2D eigenvalue weighted by Gasteiger charge is 2.33. The zero-order chi connectivity index (χ0) is 24.7. The van der Waals surface area contributed by atoms with Gasteiger partial charge in [-0.2, -0.15) is 10.4 Å². The molecule has 2 aliphatic heterocycles. The molecule has 0 radical (unpaired) electrons. The van der Waals surface area contributed by atoms with E-state index in [1.54, 1.807) is 18.3 Å². The average Bonchev–Trinajstić information content (AvgIpc) is 3.35. The number of rotatable bonds is 5. The quantitative estimate of drug-likeness (QED) is 0.466. The summed E-state index contributed by atoms with van der Waals surface area (Å²) in [6, 6.07) is 13.9. The topological polar surface area (TPSA) is 115 Å². The van der Waals surface area contributed by atoms with Crippen LogP contribution < -0.4 is 5.32 Å². The zero-order valence-corrected chi connectivity index (χ0v) is 19.8. The molecule has 0 bridgehead atoms. The Bertz CT molecular complexity index is 1520. The maximum Gasteiger partial charge on any atom is 0.251 e. The molecule has 0 aliphatic carbocycles. The first kappa shape index (κ1) is 22.3. The smallest absolute Gasteiger partial charge is 0.251 e. The minimum absolute atomic E-state index is 0.222. The van der Waals surface area contributed by atoms with Crippen LogP contribution in [0.25, 0.3) is 22.2 Å². The molecule has 36 heavy (non-hydrogen) atoms. The van der Waals surface area contributed by atoms with E-state index in [9.17, 15) is 10.1 Å². The number of aromatic nitrogens is 4. The number of fused-ring (bicyclic) bond motifs is 2. The Labute approximate surface area is 207 Å². The molecule has 1 atom stereocenters. The van der Waals surface area contributed by atoms with Crippen molar-refractivity contribution >= 4 is 16.8 Å². The molecule has 5 heterocycles. The van der Waals surface area contributed by atoms with Gasteiger partial charge in [0.05, 0.1) is 68.2 Å². The summed E-state index contributed by atoms with van der Waals surface area (Å²) in [6.07, 6.45) is 5.57. The van der Waals surface area contributed by atoms with Crippen molar-refractivity contribution in [3.05, 3.63) is 77.4 Å². The van der Waals surface area contributed by atoms with Crippen molar-refractivity contribution in [1.29, 1.82) is 5.26 Å². The lowest BCUT2D eigenvalue weighted by Gasteiger charge is -2.30. The third-order valence-electron chi connectivity index (χ3n) is 6.81. The fourth-order valence-electron chi connectivity index (χ4n) is 4.53. The molecule has 180 valence electrons. The summed E-state index contributed by atoms with van der Waals surface area (Å²) < 4.78 is 12.7. The van der Waals surface area contributed by atoms with Crippen LogP contribution >= 0.6 is 0 Å². The second kappa shape index (κ2) is 8.82. The normalized spacial score (nSPS) is 19.3. The first-order valence-electron chi connectivity index (χ1n) is 11.8. The molecule has 4 aromatic rings. The molecular formula is C27H24N6O3. The Kier molecular flexibility index (Phi) is 5.48. The van der Waals surface area contributed by atoms with Gasteiger partial charge < -0.3 is 14.8 Å². The Morgan fingerprint density at radius 1 is 1.22 bits per heavy atom. The van der Waals surface area contributed by atoms with Gasteiger partial charge in [-0.05, 0) is 48.4 Å². The summed E-state index contributed by atoms with van der Waals surface area (Å²) >= 11 is 0. The van der Waals surface area contributed by atoms with Crippen LogP contribution in [-0.4, -0.2) is 45.5 Å². The number of nitrogens with one attached hydrogen (secondary N) is 1. The van der Waals surface area contributed by atoms with Crippen LogP contribution in [0.15, 0.2) is 55.0 Å². The second-order valence-electron chi connectivity index (χ2n) is 9.46. The first-order valence-corrected chi connectivity index (χ1v) is 11.8. The molecular weight excluding hydrogens is 456 g/mol. The van der Waals surface area contributed by atoms with Crippen LogP contribution in [0, 0.1) is 11.3 Å². The summed E-state index contributed by atoms with van der Waals surface area (Å²) in [4.78, 5) is 22.2. The number of pyridine rings is 2. The molecule has 1 aromatic carbocycles. The second-order valence-corrected chi connectivity index (χ2v) is 9.46. The number of hydrogen-bond donors (Lipinski definition) is 1. The monoisotopic (exact) mass is 480 g/mol. The molecule has 9 heteroatoms. The van der Waals surface area contributed by atoms with E-state index >= 15 is 0 Å². The molecule has 3 aromatic heterocycles. The molecule has 1 saturated heterocycles. The van der Waals surface area contributed by atoms with Crippen LogP contribution in [0.5, 0.6) is 0 Å². The summed E-state index contributed by atoms with van der Waals surface area (Å²) in [5.74, 6) is -0.222. The van der Waals surface area contributed by atoms with E-state index in [0.717, 1.165) is 33.3 Å². The van der Waals surface area contributed by atoms with E-state index in [-0.39, 0.29) is 18.5 Å². The minimum atomic E-state index is -0.769. The molecule has 6 rings (SSSR count). The summed E-state index contributed by atoms with van der Waals surface area (Å²) in [7, 11) is 0. The summed E-state index contributed by atoms with van der Waals surface area (Å²) in [6.45, 7) is 4.22. The van der Waals surface area contributed by atoms with Gasteiger partial charge in [0, 0.05) is 28.9 Å². The van der Waals surface area contributed by atoms with E-state index in [4.69, 9.17) is 14.5 Å². The van der Waals surface area contributed by atoms with Gasteiger partial charge in [-0.25, -0.2) is 4.98 Å². The van der Waals surface area contributed by atoms with Crippen LogP contribution in [0.3, 0.4) is 0 Å². The highest BCUT2D eigenvalue weighted by Crippen LogP contribution is 2.32. The summed E-state index contributed by atoms with van der Waals surface area (Å²) in [5.41, 5.74) is 4.79. The molecule has 1 amide bonds. The van der Waals surface area contributed by atoms with Gasteiger partial charge in [0.25, 0.3) is 5.91 Å². The molecule has 0 unspecified atom stereocenters. The SMILES string of the molecule is C[C@@]1(C#N)COCc2ccc(C(=O)NCc3cc4nc(-c5cnn(C6COC6)c5)ccc4cn3)cc21. The Hall–Kier alpha value is -4.13. The molecule has 1 fully saturated rings. The highest BCUT2D eigenvalue weighted by atomic mass is 16.5. The van der Waals surface area contributed by atoms with Crippen molar-refractivity contribution < 1.29 is 14.3 Å². The van der Waals surface area contributed by atoms with Gasteiger partial charge in [-0.3, -0.25) is 14.5 Å². The zero-order valence-electron chi connectivity index (χ0n) is 19.8. The van der Waals surface area contributed by atoms with Gasteiger partial charge >= 0.3 is 0 Å². The molecule has 2 aliphatic rings. The van der Waals surface area contributed by atoms with Crippen LogP contribution in [0.2, 0.25) is 0 Å². The Balaban J connectivity index is 1.19. The van der Waals surface area contributed by atoms with Gasteiger partial charge in [0.15, 0.2) is 0 Å². The summed E-state index contributed by atoms with van der Waals surface area (Å²) in [5, 5.41) is 17.9. The van der Waals surface area contributed by atoms with Crippen LogP contribution in [0.1, 0.15) is 40.1 Å². The fraction of sp³-hybridized carbons (Fsp3) is 0.296. The van der Waals surface area contributed by atoms with E-state index in [2.05, 4.69) is 21.5 Å². The van der Waals surface area contributed by atoms with Gasteiger partial charge in [0.2, 0.25) is 0 Å². The lowest BCUT2D eigenvalue weighted by atomic mass is 9.79. The lowest BCUT2D eigenvalue weighted by Crippen LogP contribution is -2.33. The number of ether oxygens (including phenoxy) is 2. The molecule has 0 spiro atoms. The number of hydrogen-bond acceptors (Lipinski definition) is 7. The molecule has 1 N–H and O–H groups in total. The number of carbonyl (C=O) groups is 1. The third kappa shape index (κ3) is 4.00. The van der Waals surface area contributed by atoms with Crippen molar-refractivity contribution in [2.24, 2.45) is 0 Å². The maximum atomic E-state index is 12.9. The van der Waals surface area contributed by atoms with Gasteiger partial charge in [0.1, 0.15) is 5.41 Å². The Morgan fingerprint density at radius 3 is 2.92 bits per heavy atom. The predicted molar refractivity (Wildman–Crippen MR) is 131 cm³/mol. The van der Waals surface area contributed by atoms with Crippen molar-refractivity contribution in [3.8, 4) is 17.3 Å². The van der Waals surface area contributed by atoms with Crippen LogP contribution in [0.4, 0.5) is 0 Å². The van der Waals surface area contributed by atoms with Crippen molar-refractivity contribution in [1.82, 2.24) is 25.1 Å². The largest absolute Gasteiger partial charge is 0.377 e. The predicted octanol–water partition coefficient (Wildman–Crippen LogP) is 3.31. The van der Waals surface area contributed by atoms with Crippen LogP contribution in [-0.2, 0) is 28.0 Å². The van der Waals surface area contributed by atoms with Crippen molar-refractivity contribution in [2.45, 2.75) is 31.5 Å². The van der Waals surface area contributed by atoms with E-state index in [1.165, 1.54) is 0 Å². The number of benzene rings is 1. The highest BCUT2D eigenvalue weighted by molar-refractivity contribution is 5.94. The number of nitrogens with zero attached hydrogens (tertiary/aromatic N) is 5. The van der Waals surface area contributed by atoms with Gasteiger partial charge in [-0.1, -0.05) is 6.07 Å². The van der Waals surface area contributed by atoms with Crippen molar-refractivity contribution in [3.63, 3.8) is 0 Å². The standard InChI is InChI=1S/C27H24N6O3/c1-27(15-28)16-36-12-19-3-2-17(6-23(19)27)26(34)30-10-21-7-25-18(8-29-21)4-5-24(32-25)20-9-31-33(11-20)22-13-35-14-22/h2-9,11,22H,10,12-14,16H2,1H3,(H,30,34)/t27-/m1/s1. The molecule has 0 saturated carbocycles. The number of amides is 1. The maximum absolute atomic E-state index is 12.9. The molecule has 9 nitrogen and oxygen atoms in total. The lowest BCUT2D eigenvalue weighted by molar-refractivity contribution is -0.0286. The first-order chi connectivity index (χ1) is 17.5. The van der Waals surface area contributed by atoms with Crippen molar-refractivity contribution in [2.75, 3.05) is 19.8 Å². The number of carbonyl (C=O) groups excluding carboxylic acids is 1. The van der Waals surface area contributed by atoms with E-state index < -0.39 is 5.41 Å². The van der Waals surface area contributed by atoms with Gasteiger partial charge in [-0.15, -0.1) is 0 Å². The van der Waals surface area contributed by atoms with E-state index in [1.807, 2.05) is 48.3 Å². The number of nitriles is 1. The van der Waals surface area contributed by atoms with E-state index in [0.29, 0.717) is 37.7 Å². The average molecular weight is 481 g/mol. The fourth-order valence-corrected chi connectivity index (χ4v) is 4.53.